The number of benzene rings is 1. The van der Waals surface area contributed by atoms with Gasteiger partial charge in [-0.05, 0) is 86.0 Å². The average molecular weight is 505 g/mol. The van der Waals surface area contributed by atoms with Crippen molar-refractivity contribution in [2.24, 2.45) is 0 Å². The van der Waals surface area contributed by atoms with Crippen LogP contribution in [-0.2, 0) is 13.0 Å². The molecule has 0 bridgehead atoms. The lowest BCUT2D eigenvalue weighted by Gasteiger charge is -2.13. The van der Waals surface area contributed by atoms with Crippen LogP contribution in [-0.4, -0.2) is 15.5 Å². The van der Waals surface area contributed by atoms with Gasteiger partial charge in [0.15, 0.2) is 0 Å². The van der Waals surface area contributed by atoms with E-state index in [2.05, 4.69) is 70.5 Å². The van der Waals surface area contributed by atoms with Crippen LogP contribution in [0.5, 0.6) is 0 Å². The normalized spacial score (nSPS) is 11.4. The van der Waals surface area contributed by atoms with Gasteiger partial charge in [0.2, 0.25) is 0 Å². The van der Waals surface area contributed by atoms with E-state index in [1.165, 1.54) is 0 Å². The molecule has 0 aliphatic heterocycles. The third-order valence-corrected chi connectivity index (χ3v) is 5.82. The maximum atomic E-state index is 13.1. The Morgan fingerprint density at radius 2 is 1.97 bits per heavy atom. The number of aryl methyl sites for hydroxylation is 3. The van der Waals surface area contributed by atoms with E-state index in [4.69, 9.17) is 0 Å². The van der Waals surface area contributed by atoms with Crippen LogP contribution in [0.4, 0.5) is 0 Å². The van der Waals surface area contributed by atoms with E-state index in [1.54, 1.807) is 0 Å². The lowest BCUT2D eigenvalue weighted by molar-refractivity contribution is 0.0952. The van der Waals surface area contributed by atoms with Crippen molar-refractivity contribution in [2.75, 3.05) is 0 Å². The average Bonchev–Trinajstić information content (AvgIpc) is 2.97. The molecule has 2 N–H and O–H groups in total. The molecule has 0 aliphatic carbocycles. The van der Waals surface area contributed by atoms with Gasteiger partial charge < -0.3 is 14.9 Å². The Kier molecular flexibility index (Phi) is 6.51. The van der Waals surface area contributed by atoms with E-state index < -0.39 is 0 Å². The van der Waals surface area contributed by atoms with Gasteiger partial charge in [0.1, 0.15) is 0 Å². The number of carbonyl (C=O) groups excluding carboxylic acids is 1. The zero-order chi connectivity index (χ0) is 21.3. The number of hydrogen-bond acceptors (Lipinski definition) is 2. The number of aromatic nitrogens is 2. The predicted molar refractivity (Wildman–Crippen MR) is 127 cm³/mol. The zero-order valence-corrected chi connectivity index (χ0v) is 19.8. The van der Waals surface area contributed by atoms with Gasteiger partial charge in [-0.1, -0.05) is 13.3 Å². The highest BCUT2D eigenvalue weighted by Gasteiger charge is 2.18. The number of amides is 1. The maximum absolute atomic E-state index is 13.1. The van der Waals surface area contributed by atoms with E-state index in [0.717, 1.165) is 44.1 Å². The Morgan fingerprint density at radius 3 is 2.62 bits per heavy atom. The minimum atomic E-state index is -0.152. The fraction of sp³-hybridized carbons (Fsp3) is 0.391. The van der Waals surface area contributed by atoms with Crippen LogP contribution < -0.4 is 10.9 Å². The van der Waals surface area contributed by atoms with Crippen LogP contribution in [0.2, 0.25) is 0 Å². The SMILES string of the molecule is CCCc1cc(C)[nH]c(=O)c1CNC(=O)c1cc(I)cc2c1c(C)cn2C(C)C. The number of fused-ring (bicyclic) bond motifs is 1. The summed E-state index contributed by atoms with van der Waals surface area (Å²) in [5.74, 6) is -0.152. The summed E-state index contributed by atoms with van der Waals surface area (Å²) < 4.78 is 3.22. The van der Waals surface area contributed by atoms with Crippen molar-refractivity contribution in [3.8, 4) is 0 Å². The summed E-state index contributed by atoms with van der Waals surface area (Å²) in [7, 11) is 0. The first-order chi connectivity index (χ1) is 13.7. The minimum Gasteiger partial charge on any atom is -0.348 e. The van der Waals surface area contributed by atoms with Crippen LogP contribution in [0.25, 0.3) is 10.9 Å². The Morgan fingerprint density at radius 1 is 1.24 bits per heavy atom. The highest BCUT2D eigenvalue weighted by Crippen LogP contribution is 2.29. The monoisotopic (exact) mass is 505 g/mol. The van der Waals surface area contributed by atoms with Crippen LogP contribution >= 0.6 is 22.6 Å². The molecule has 5 nitrogen and oxygen atoms in total. The van der Waals surface area contributed by atoms with Crippen LogP contribution in [0, 0.1) is 17.4 Å². The first-order valence-corrected chi connectivity index (χ1v) is 11.1. The first-order valence-electron chi connectivity index (χ1n) is 10.0. The molecular formula is C23H28IN3O2. The quantitative estimate of drug-likeness (QED) is 0.463. The van der Waals surface area contributed by atoms with E-state index in [-0.39, 0.29) is 18.0 Å². The fourth-order valence-electron chi connectivity index (χ4n) is 3.89. The predicted octanol–water partition coefficient (Wildman–Crippen LogP) is 5.01. The molecule has 3 rings (SSSR count). The number of carbonyl (C=O) groups is 1. The molecule has 0 saturated carbocycles. The van der Waals surface area contributed by atoms with Crippen LogP contribution in [0.15, 0.2) is 29.2 Å². The number of nitrogens with zero attached hydrogens (tertiary/aromatic N) is 1. The summed E-state index contributed by atoms with van der Waals surface area (Å²) in [4.78, 5) is 28.5. The largest absolute Gasteiger partial charge is 0.348 e. The van der Waals surface area contributed by atoms with E-state index in [0.29, 0.717) is 17.2 Å². The van der Waals surface area contributed by atoms with E-state index in [1.807, 2.05) is 26.0 Å². The summed E-state index contributed by atoms with van der Waals surface area (Å²) >= 11 is 2.25. The van der Waals surface area contributed by atoms with Crippen LogP contribution in [0.3, 0.4) is 0 Å². The molecule has 6 heteroatoms. The van der Waals surface area contributed by atoms with Crippen molar-refractivity contribution < 1.29 is 4.79 Å². The second-order valence-corrected chi connectivity index (χ2v) is 9.12. The molecule has 0 atom stereocenters. The number of nitrogens with one attached hydrogen (secondary N) is 2. The molecule has 0 saturated heterocycles. The highest BCUT2D eigenvalue weighted by atomic mass is 127. The third-order valence-electron chi connectivity index (χ3n) is 5.20. The topological polar surface area (TPSA) is 66.9 Å². The van der Waals surface area contributed by atoms with Crippen molar-refractivity contribution >= 4 is 39.4 Å². The summed E-state index contributed by atoms with van der Waals surface area (Å²) in [6.45, 7) is 10.5. The molecule has 0 spiro atoms. The smallest absolute Gasteiger partial charge is 0.253 e. The van der Waals surface area contributed by atoms with Gasteiger partial charge in [0, 0.05) is 39.0 Å². The van der Waals surface area contributed by atoms with Gasteiger partial charge >= 0.3 is 0 Å². The molecule has 2 aromatic heterocycles. The molecule has 2 heterocycles. The Labute approximate surface area is 185 Å². The Balaban J connectivity index is 1.97. The van der Waals surface area contributed by atoms with Crippen molar-refractivity contribution in [3.63, 3.8) is 0 Å². The molecule has 0 radical (unpaired) electrons. The van der Waals surface area contributed by atoms with Crippen LogP contribution in [0.1, 0.15) is 66.0 Å². The lowest BCUT2D eigenvalue weighted by atomic mass is 10.0. The molecule has 29 heavy (non-hydrogen) atoms. The van der Waals surface area contributed by atoms with Crippen molar-refractivity contribution in [2.45, 2.75) is 60.0 Å². The molecule has 0 unspecified atom stereocenters. The molecule has 1 amide bonds. The number of pyridine rings is 1. The third kappa shape index (κ3) is 4.42. The number of halogens is 1. The lowest BCUT2D eigenvalue weighted by Crippen LogP contribution is -2.28. The molecule has 3 aromatic rings. The van der Waals surface area contributed by atoms with Crippen molar-refractivity contribution in [3.05, 3.63) is 66.3 Å². The minimum absolute atomic E-state index is 0.122. The van der Waals surface area contributed by atoms with E-state index in [9.17, 15) is 9.59 Å². The first kappa shape index (κ1) is 21.6. The summed E-state index contributed by atoms with van der Waals surface area (Å²) in [6, 6.07) is 6.34. The summed E-state index contributed by atoms with van der Waals surface area (Å²) in [5, 5.41) is 3.96. The van der Waals surface area contributed by atoms with Gasteiger partial charge in [-0.3, -0.25) is 9.59 Å². The van der Waals surface area contributed by atoms with Gasteiger partial charge in [0.25, 0.3) is 11.5 Å². The zero-order valence-electron chi connectivity index (χ0n) is 17.6. The highest BCUT2D eigenvalue weighted by molar-refractivity contribution is 14.1. The Bertz CT molecular complexity index is 1130. The molecule has 0 fully saturated rings. The molecule has 1 aromatic carbocycles. The standard InChI is InChI=1S/C23H28IN3O2/c1-6-7-16-8-15(5)26-23(29)19(16)11-25-22(28)18-9-17(24)10-20-21(18)14(4)12-27(20)13(2)3/h8-10,12-13H,6-7,11H2,1-5H3,(H,25,28)(H,26,29). The van der Waals surface area contributed by atoms with Crippen molar-refractivity contribution in [1.29, 1.82) is 0 Å². The molecular weight excluding hydrogens is 477 g/mol. The Hall–Kier alpha value is -2.09. The van der Waals surface area contributed by atoms with Gasteiger partial charge in [-0.15, -0.1) is 0 Å². The number of hydrogen-bond donors (Lipinski definition) is 2. The fourth-order valence-corrected chi connectivity index (χ4v) is 4.50. The molecule has 154 valence electrons. The number of H-pyrrole nitrogens is 1. The molecule has 0 aliphatic rings. The summed E-state index contributed by atoms with van der Waals surface area (Å²) in [6.07, 6.45) is 3.87. The van der Waals surface area contributed by atoms with E-state index >= 15 is 0 Å². The van der Waals surface area contributed by atoms with Crippen molar-refractivity contribution in [1.82, 2.24) is 14.9 Å². The van der Waals surface area contributed by atoms with Gasteiger partial charge in [-0.25, -0.2) is 0 Å². The number of aromatic amines is 1. The maximum Gasteiger partial charge on any atom is 0.253 e. The summed E-state index contributed by atoms with van der Waals surface area (Å²) in [5.41, 5.74) is 5.17. The number of rotatable bonds is 6. The second kappa shape index (κ2) is 8.73. The second-order valence-electron chi connectivity index (χ2n) is 7.88. The van der Waals surface area contributed by atoms with Gasteiger partial charge in [0.05, 0.1) is 11.1 Å². The van der Waals surface area contributed by atoms with Gasteiger partial charge in [-0.2, -0.15) is 0 Å².